The lowest BCUT2D eigenvalue weighted by Gasteiger charge is -2.08. The Morgan fingerprint density at radius 2 is 1.92 bits per heavy atom. The van der Waals surface area contributed by atoms with Crippen LogP contribution in [0.15, 0.2) is 54.6 Å². The number of carbonyl (C=O) groups excluding carboxylic acids is 1. The van der Waals surface area contributed by atoms with Gasteiger partial charge in [0.2, 0.25) is 5.13 Å². The maximum atomic E-state index is 12.6. The van der Waals surface area contributed by atoms with E-state index in [0.29, 0.717) is 27.0 Å². The van der Waals surface area contributed by atoms with Gasteiger partial charge < -0.3 is 4.74 Å². The quantitative estimate of drug-likeness (QED) is 0.493. The number of benzene rings is 3. The van der Waals surface area contributed by atoms with Crippen molar-refractivity contribution < 1.29 is 9.53 Å². The minimum absolute atomic E-state index is 0.237. The molecule has 0 fully saturated rings. The van der Waals surface area contributed by atoms with Gasteiger partial charge in [-0.05, 0) is 29.0 Å². The summed E-state index contributed by atoms with van der Waals surface area (Å²) in [6, 6.07) is 16.9. The molecule has 1 heterocycles. The molecule has 7 heteroatoms. The molecule has 0 atom stereocenters. The number of nitrogens with one attached hydrogen (secondary N) is 2. The molecule has 4 aromatic rings. The van der Waals surface area contributed by atoms with Crippen LogP contribution >= 0.6 is 22.9 Å². The number of ether oxygens (including phenoxy) is 1. The number of carbonyl (C=O) groups is 1. The Balaban J connectivity index is 1.60. The fourth-order valence-electron chi connectivity index (χ4n) is 2.77. The van der Waals surface area contributed by atoms with Crippen LogP contribution in [0.3, 0.4) is 0 Å². The van der Waals surface area contributed by atoms with Crippen molar-refractivity contribution in [2.24, 2.45) is 0 Å². The molecule has 0 radical (unpaired) electrons. The fourth-order valence-corrected chi connectivity index (χ4v) is 3.88. The van der Waals surface area contributed by atoms with Crippen molar-refractivity contribution in [1.29, 1.82) is 0 Å². The van der Waals surface area contributed by atoms with E-state index < -0.39 is 0 Å². The molecule has 2 N–H and O–H groups in total. The van der Waals surface area contributed by atoms with E-state index in [2.05, 4.69) is 15.8 Å². The van der Waals surface area contributed by atoms with Gasteiger partial charge in [0, 0.05) is 5.56 Å². The number of methoxy groups -OCH3 is 1. The number of fused-ring (bicyclic) bond motifs is 2. The predicted molar refractivity (Wildman–Crippen MR) is 106 cm³/mol. The number of hydrogen-bond donors (Lipinski definition) is 2. The van der Waals surface area contributed by atoms with Crippen LogP contribution in [-0.4, -0.2) is 18.0 Å². The minimum atomic E-state index is -0.237. The van der Waals surface area contributed by atoms with Crippen molar-refractivity contribution in [3.8, 4) is 5.75 Å². The Morgan fingerprint density at radius 3 is 2.77 bits per heavy atom. The van der Waals surface area contributed by atoms with Crippen LogP contribution in [0.4, 0.5) is 5.13 Å². The summed E-state index contributed by atoms with van der Waals surface area (Å²) in [5.41, 5.74) is 6.82. The van der Waals surface area contributed by atoms with Gasteiger partial charge in [-0.15, -0.1) is 0 Å². The van der Waals surface area contributed by atoms with Crippen LogP contribution in [0.1, 0.15) is 10.4 Å². The summed E-state index contributed by atoms with van der Waals surface area (Å²) in [6.45, 7) is 0. The van der Waals surface area contributed by atoms with E-state index in [9.17, 15) is 4.79 Å². The highest BCUT2D eigenvalue weighted by atomic mass is 35.5. The highest BCUT2D eigenvalue weighted by molar-refractivity contribution is 7.22. The topological polar surface area (TPSA) is 63.2 Å². The first-order chi connectivity index (χ1) is 12.7. The number of rotatable bonds is 4. The lowest BCUT2D eigenvalue weighted by molar-refractivity contribution is 0.0964. The number of nitrogens with zero attached hydrogens (tertiary/aromatic N) is 1. The van der Waals surface area contributed by atoms with Gasteiger partial charge in [0.05, 0.1) is 16.8 Å². The van der Waals surface area contributed by atoms with Gasteiger partial charge in [-0.1, -0.05) is 59.3 Å². The van der Waals surface area contributed by atoms with Crippen LogP contribution in [-0.2, 0) is 0 Å². The molecule has 3 aromatic carbocycles. The van der Waals surface area contributed by atoms with Gasteiger partial charge in [-0.3, -0.25) is 15.6 Å². The number of thiazole rings is 1. The molecule has 26 heavy (non-hydrogen) atoms. The van der Waals surface area contributed by atoms with E-state index in [4.69, 9.17) is 16.3 Å². The first-order valence-electron chi connectivity index (χ1n) is 7.84. The number of halogens is 1. The Morgan fingerprint density at radius 1 is 1.12 bits per heavy atom. The molecule has 0 saturated carbocycles. The minimum Gasteiger partial charge on any atom is -0.494 e. The molecule has 4 rings (SSSR count). The molecule has 0 spiro atoms. The Kier molecular flexibility index (Phi) is 4.36. The van der Waals surface area contributed by atoms with Gasteiger partial charge in [-0.25, -0.2) is 4.98 Å². The zero-order chi connectivity index (χ0) is 18.1. The van der Waals surface area contributed by atoms with Crippen molar-refractivity contribution in [2.45, 2.75) is 0 Å². The highest BCUT2D eigenvalue weighted by Crippen LogP contribution is 2.37. The number of aromatic nitrogens is 1. The summed E-state index contributed by atoms with van der Waals surface area (Å²) < 4.78 is 6.11. The van der Waals surface area contributed by atoms with E-state index in [1.807, 2.05) is 36.4 Å². The van der Waals surface area contributed by atoms with Crippen molar-refractivity contribution in [3.05, 3.63) is 65.2 Å². The number of anilines is 1. The SMILES string of the molecule is COc1ccc(Cl)c2sc(NNC(=O)c3cccc4ccccc34)nc12. The van der Waals surface area contributed by atoms with Gasteiger partial charge in [-0.2, -0.15) is 0 Å². The number of hydrogen-bond acceptors (Lipinski definition) is 5. The molecule has 5 nitrogen and oxygen atoms in total. The zero-order valence-electron chi connectivity index (χ0n) is 13.7. The maximum Gasteiger partial charge on any atom is 0.270 e. The summed E-state index contributed by atoms with van der Waals surface area (Å²) in [6.07, 6.45) is 0. The predicted octanol–water partition coefficient (Wildman–Crippen LogP) is 4.87. The van der Waals surface area contributed by atoms with Gasteiger partial charge in [0.15, 0.2) is 0 Å². The van der Waals surface area contributed by atoms with Gasteiger partial charge in [0.25, 0.3) is 5.91 Å². The van der Waals surface area contributed by atoms with Crippen molar-refractivity contribution in [2.75, 3.05) is 12.5 Å². The number of hydrazine groups is 1. The van der Waals surface area contributed by atoms with Crippen LogP contribution in [0.25, 0.3) is 21.0 Å². The zero-order valence-corrected chi connectivity index (χ0v) is 15.3. The molecular formula is C19H14ClN3O2S. The average Bonchev–Trinajstić information content (AvgIpc) is 3.11. The van der Waals surface area contributed by atoms with Crippen molar-refractivity contribution >= 4 is 55.0 Å². The fraction of sp³-hybridized carbons (Fsp3) is 0.0526. The second-order valence-electron chi connectivity index (χ2n) is 5.55. The van der Waals surface area contributed by atoms with E-state index in [1.165, 1.54) is 11.3 Å². The maximum absolute atomic E-state index is 12.6. The van der Waals surface area contributed by atoms with E-state index >= 15 is 0 Å². The molecule has 0 aliphatic rings. The average molecular weight is 384 g/mol. The van der Waals surface area contributed by atoms with Gasteiger partial charge in [0.1, 0.15) is 11.3 Å². The van der Waals surface area contributed by atoms with Crippen LogP contribution in [0.5, 0.6) is 5.75 Å². The van der Waals surface area contributed by atoms with Crippen molar-refractivity contribution in [1.82, 2.24) is 10.4 Å². The monoisotopic (exact) mass is 383 g/mol. The molecule has 0 saturated heterocycles. The molecule has 0 bridgehead atoms. The van der Waals surface area contributed by atoms with E-state index in [0.717, 1.165) is 15.5 Å². The third kappa shape index (κ3) is 2.94. The first kappa shape index (κ1) is 16.6. The smallest absolute Gasteiger partial charge is 0.270 e. The molecular weight excluding hydrogens is 370 g/mol. The summed E-state index contributed by atoms with van der Waals surface area (Å²) in [5.74, 6) is 0.396. The highest BCUT2D eigenvalue weighted by Gasteiger charge is 2.14. The number of amides is 1. The standard InChI is InChI=1S/C19H14ClN3O2S/c1-25-15-10-9-14(20)17-16(15)21-19(26-17)23-22-18(24)13-8-4-6-11-5-2-3-7-12(11)13/h2-10H,1H3,(H,21,23)(H,22,24). The Labute approximate surface area is 158 Å². The third-order valence-corrected chi connectivity index (χ3v) is 5.43. The second-order valence-corrected chi connectivity index (χ2v) is 6.96. The van der Waals surface area contributed by atoms with Crippen molar-refractivity contribution in [3.63, 3.8) is 0 Å². The molecule has 0 unspecified atom stereocenters. The molecule has 0 aliphatic carbocycles. The molecule has 1 aromatic heterocycles. The molecule has 1 amide bonds. The summed E-state index contributed by atoms with van der Waals surface area (Å²) in [4.78, 5) is 17.0. The van der Waals surface area contributed by atoms with Crippen LogP contribution in [0, 0.1) is 0 Å². The summed E-state index contributed by atoms with van der Waals surface area (Å²) >= 11 is 7.57. The van der Waals surface area contributed by atoms with E-state index in [1.54, 1.807) is 25.3 Å². The summed E-state index contributed by atoms with van der Waals surface area (Å²) in [7, 11) is 1.58. The lowest BCUT2D eigenvalue weighted by Crippen LogP contribution is -2.29. The molecule has 130 valence electrons. The lowest BCUT2D eigenvalue weighted by atomic mass is 10.0. The molecule has 0 aliphatic heterocycles. The van der Waals surface area contributed by atoms with Gasteiger partial charge >= 0.3 is 0 Å². The largest absolute Gasteiger partial charge is 0.494 e. The van der Waals surface area contributed by atoms with Crippen LogP contribution < -0.4 is 15.6 Å². The Hall–Kier alpha value is -2.83. The third-order valence-electron chi connectivity index (χ3n) is 4.00. The Bertz CT molecular complexity index is 1120. The second kappa shape index (κ2) is 6.82. The summed E-state index contributed by atoms with van der Waals surface area (Å²) in [5, 5.41) is 3.02. The van der Waals surface area contributed by atoms with Crippen LogP contribution in [0.2, 0.25) is 5.02 Å². The normalized spacial score (nSPS) is 10.8. The first-order valence-corrected chi connectivity index (χ1v) is 9.04. The van der Waals surface area contributed by atoms with E-state index in [-0.39, 0.29) is 5.91 Å².